The van der Waals surface area contributed by atoms with Gasteiger partial charge in [-0.25, -0.2) is 0 Å². The lowest BCUT2D eigenvalue weighted by Crippen LogP contribution is -2.29. The SMILES string of the molecule is C/C=C/C1C(COCc2ccccc2)N1CC(=O)OC(C)(C)C. The molecule has 4 nitrogen and oxygen atoms in total. The van der Waals surface area contributed by atoms with Gasteiger partial charge in [-0.15, -0.1) is 0 Å². The van der Waals surface area contributed by atoms with E-state index in [0.717, 1.165) is 5.56 Å². The van der Waals surface area contributed by atoms with Crippen LogP contribution in [0.2, 0.25) is 0 Å². The minimum Gasteiger partial charge on any atom is -0.459 e. The Hall–Kier alpha value is -1.65. The van der Waals surface area contributed by atoms with Crippen LogP contribution < -0.4 is 0 Å². The summed E-state index contributed by atoms with van der Waals surface area (Å²) >= 11 is 0. The van der Waals surface area contributed by atoms with Crippen molar-refractivity contribution < 1.29 is 14.3 Å². The van der Waals surface area contributed by atoms with Crippen LogP contribution in [0.1, 0.15) is 33.3 Å². The number of allylic oxidation sites excluding steroid dienone is 1. The maximum absolute atomic E-state index is 12.0. The second-order valence-electron chi connectivity index (χ2n) is 6.84. The van der Waals surface area contributed by atoms with Crippen LogP contribution in [0.4, 0.5) is 0 Å². The quantitative estimate of drug-likeness (QED) is 0.440. The number of carbonyl (C=O) groups excluding carboxylic acids is 1. The van der Waals surface area contributed by atoms with E-state index in [1.807, 2.05) is 52.0 Å². The van der Waals surface area contributed by atoms with Gasteiger partial charge in [0.1, 0.15) is 5.60 Å². The van der Waals surface area contributed by atoms with Crippen molar-refractivity contribution in [1.29, 1.82) is 0 Å². The van der Waals surface area contributed by atoms with Gasteiger partial charge in [-0.3, -0.25) is 9.69 Å². The van der Waals surface area contributed by atoms with E-state index >= 15 is 0 Å². The van der Waals surface area contributed by atoms with Crippen LogP contribution in [-0.4, -0.2) is 41.7 Å². The Bertz CT molecular complexity index is 533. The Kier molecular flexibility index (Phi) is 5.97. The normalized spacial score (nSPS) is 23.9. The molecule has 4 heteroatoms. The van der Waals surface area contributed by atoms with Crippen molar-refractivity contribution in [2.45, 2.75) is 52.0 Å². The Balaban J connectivity index is 1.79. The number of hydrogen-bond acceptors (Lipinski definition) is 4. The maximum atomic E-state index is 12.0. The van der Waals surface area contributed by atoms with Crippen LogP contribution in [0.5, 0.6) is 0 Å². The van der Waals surface area contributed by atoms with Crippen molar-refractivity contribution in [3.8, 4) is 0 Å². The molecule has 1 aromatic carbocycles. The van der Waals surface area contributed by atoms with Crippen molar-refractivity contribution in [2.24, 2.45) is 0 Å². The summed E-state index contributed by atoms with van der Waals surface area (Å²) in [4.78, 5) is 14.1. The molecule has 3 atom stereocenters. The highest BCUT2D eigenvalue weighted by atomic mass is 16.6. The third-order valence-electron chi connectivity index (χ3n) is 3.63. The van der Waals surface area contributed by atoms with Gasteiger partial charge in [0.2, 0.25) is 0 Å². The first-order valence-electron chi connectivity index (χ1n) is 8.13. The van der Waals surface area contributed by atoms with Gasteiger partial charge in [0.05, 0.1) is 25.8 Å². The van der Waals surface area contributed by atoms with E-state index in [-0.39, 0.29) is 18.1 Å². The predicted molar refractivity (Wildman–Crippen MR) is 91.0 cm³/mol. The van der Waals surface area contributed by atoms with E-state index in [1.165, 1.54) is 0 Å². The number of hydrogen-bond donors (Lipinski definition) is 0. The lowest BCUT2D eigenvalue weighted by Gasteiger charge is -2.19. The van der Waals surface area contributed by atoms with Crippen LogP contribution >= 0.6 is 0 Å². The molecule has 23 heavy (non-hydrogen) atoms. The molecule has 0 amide bonds. The third kappa shape index (κ3) is 5.81. The summed E-state index contributed by atoms with van der Waals surface area (Å²) in [6, 6.07) is 10.6. The molecule has 126 valence electrons. The van der Waals surface area contributed by atoms with Crippen molar-refractivity contribution in [2.75, 3.05) is 13.2 Å². The fourth-order valence-corrected chi connectivity index (χ4v) is 2.60. The Morgan fingerprint density at radius 1 is 1.26 bits per heavy atom. The molecule has 1 aliphatic rings. The molecular formula is C19H27NO3. The molecule has 1 aromatic rings. The molecule has 0 saturated carbocycles. The Morgan fingerprint density at radius 2 is 1.96 bits per heavy atom. The lowest BCUT2D eigenvalue weighted by molar-refractivity contribution is -0.154. The lowest BCUT2D eigenvalue weighted by atomic mass is 10.2. The number of rotatable bonds is 7. The highest BCUT2D eigenvalue weighted by molar-refractivity contribution is 5.72. The second kappa shape index (κ2) is 7.75. The fourth-order valence-electron chi connectivity index (χ4n) is 2.60. The maximum Gasteiger partial charge on any atom is 0.320 e. The van der Waals surface area contributed by atoms with E-state index in [0.29, 0.717) is 19.8 Å². The van der Waals surface area contributed by atoms with Gasteiger partial charge in [-0.05, 0) is 33.3 Å². The summed E-state index contributed by atoms with van der Waals surface area (Å²) in [5, 5.41) is 0. The number of ether oxygens (including phenoxy) is 2. The molecule has 1 aliphatic heterocycles. The first-order valence-corrected chi connectivity index (χ1v) is 8.13. The zero-order valence-electron chi connectivity index (χ0n) is 14.5. The number of nitrogens with zero attached hydrogens (tertiary/aromatic N) is 1. The molecule has 0 N–H and O–H groups in total. The topological polar surface area (TPSA) is 38.5 Å². The summed E-state index contributed by atoms with van der Waals surface area (Å²) in [6.45, 7) is 9.18. The molecule has 1 saturated heterocycles. The molecule has 1 fully saturated rings. The minimum absolute atomic E-state index is 0.183. The van der Waals surface area contributed by atoms with Crippen LogP contribution in [0.3, 0.4) is 0 Å². The number of benzene rings is 1. The average molecular weight is 317 g/mol. The van der Waals surface area contributed by atoms with E-state index in [1.54, 1.807) is 0 Å². The van der Waals surface area contributed by atoms with Crippen LogP contribution in [0.15, 0.2) is 42.5 Å². The van der Waals surface area contributed by atoms with Gasteiger partial charge in [0, 0.05) is 6.04 Å². The van der Waals surface area contributed by atoms with E-state index < -0.39 is 5.60 Å². The fraction of sp³-hybridized carbons (Fsp3) is 0.526. The van der Waals surface area contributed by atoms with E-state index in [2.05, 4.69) is 23.1 Å². The first-order chi connectivity index (χ1) is 10.9. The molecule has 1 heterocycles. The smallest absolute Gasteiger partial charge is 0.320 e. The van der Waals surface area contributed by atoms with Crippen molar-refractivity contribution in [1.82, 2.24) is 4.90 Å². The standard InChI is InChI=1S/C19H27NO3/c1-5-9-16-17(14-22-13-15-10-7-6-8-11-15)20(16)12-18(21)23-19(2,3)4/h5-11,16-17H,12-14H2,1-4H3/b9-5+. The van der Waals surface area contributed by atoms with Gasteiger partial charge in [-0.2, -0.15) is 0 Å². The molecule has 0 aromatic heterocycles. The van der Waals surface area contributed by atoms with Crippen molar-refractivity contribution >= 4 is 5.97 Å². The predicted octanol–water partition coefficient (Wildman–Crippen LogP) is 3.17. The molecule has 0 spiro atoms. The minimum atomic E-state index is -0.442. The zero-order valence-corrected chi connectivity index (χ0v) is 14.5. The molecule has 0 bridgehead atoms. The summed E-state index contributed by atoms with van der Waals surface area (Å²) < 4.78 is 11.2. The summed E-state index contributed by atoms with van der Waals surface area (Å²) in [7, 11) is 0. The third-order valence-corrected chi connectivity index (χ3v) is 3.63. The highest BCUT2D eigenvalue weighted by Gasteiger charge is 2.46. The average Bonchev–Trinajstić information content (AvgIpc) is 3.09. The molecule has 0 aliphatic carbocycles. The van der Waals surface area contributed by atoms with Gasteiger partial charge in [0.25, 0.3) is 0 Å². The monoisotopic (exact) mass is 317 g/mol. The van der Waals surface area contributed by atoms with Crippen molar-refractivity contribution in [3.63, 3.8) is 0 Å². The molecule has 0 radical (unpaired) electrons. The van der Waals surface area contributed by atoms with Crippen LogP contribution in [0.25, 0.3) is 0 Å². The van der Waals surface area contributed by atoms with Gasteiger partial charge in [0.15, 0.2) is 0 Å². The van der Waals surface area contributed by atoms with E-state index in [4.69, 9.17) is 9.47 Å². The van der Waals surface area contributed by atoms with Gasteiger partial charge < -0.3 is 9.47 Å². The number of carbonyl (C=O) groups is 1. The Morgan fingerprint density at radius 3 is 2.57 bits per heavy atom. The molecule has 3 unspecified atom stereocenters. The molecule has 2 rings (SSSR count). The summed E-state index contributed by atoms with van der Waals surface area (Å²) in [5.41, 5.74) is 0.720. The number of esters is 1. The second-order valence-corrected chi connectivity index (χ2v) is 6.84. The first kappa shape index (κ1) is 17.7. The van der Waals surface area contributed by atoms with Gasteiger partial charge in [-0.1, -0.05) is 42.5 Å². The van der Waals surface area contributed by atoms with Crippen molar-refractivity contribution in [3.05, 3.63) is 48.0 Å². The Labute approximate surface area is 139 Å². The zero-order chi connectivity index (χ0) is 16.9. The summed E-state index contributed by atoms with van der Waals surface area (Å²) in [6.07, 6.45) is 4.13. The van der Waals surface area contributed by atoms with Gasteiger partial charge >= 0.3 is 5.97 Å². The van der Waals surface area contributed by atoms with E-state index in [9.17, 15) is 4.79 Å². The van der Waals surface area contributed by atoms with Crippen LogP contribution in [-0.2, 0) is 20.9 Å². The summed E-state index contributed by atoms with van der Waals surface area (Å²) in [5.74, 6) is -0.183. The van der Waals surface area contributed by atoms with Crippen LogP contribution in [0, 0.1) is 0 Å². The highest BCUT2D eigenvalue weighted by Crippen LogP contribution is 2.30. The largest absolute Gasteiger partial charge is 0.459 e. The molecular weight excluding hydrogens is 290 g/mol.